The van der Waals surface area contributed by atoms with E-state index in [1.54, 1.807) is 12.3 Å². The SMILES string of the molecule is CNC(Cc1ncc[nH]1)c1ccc(Cl)cc1Cl. The number of H-pyrrole nitrogens is 1. The van der Waals surface area contributed by atoms with Crippen LogP contribution in [0.3, 0.4) is 0 Å². The van der Waals surface area contributed by atoms with Crippen molar-refractivity contribution < 1.29 is 0 Å². The van der Waals surface area contributed by atoms with Crippen molar-refractivity contribution in [2.75, 3.05) is 7.05 Å². The van der Waals surface area contributed by atoms with E-state index in [0.29, 0.717) is 10.0 Å². The normalized spacial score (nSPS) is 12.6. The number of benzene rings is 1. The van der Waals surface area contributed by atoms with E-state index >= 15 is 0 Å². The van der Waals surface area contributed by atoms with Gasteiger partial charge in [-0.15, -0.1) is 0 Å². The molecule has 5 heteroatoms. The highest BCUT2D eigenvalue weighted by molar-refractivity contribution is 6.35. The van der Waals surface area contributed by atoms with Crippen molar-refractivity contribution in [3.05, 3.63) is 52.0 Å². The van der Waals surface area contributed by atoms with E-state index in [1.807, 2.05) is 25.4 Å². The van der Waals surface area contributed by atoms with Gasteiger partial charge < -0.3 is 10.3 Å². The van der Waals surface area contributed by atoms with Gasteiger partial charge >= 0.3 is 0 Å². The fraction of sp³-hybridized carbons (Fsp3) is 0.250. The molecule has 0 aliphatic heterocycles. The second-order valence-corrected chi connectivity index (χ2v) is 4.59. The summed E-state index contributed by atoms with van der Waals surface area (Å²) < 4.78 is 0. The van der Waals surface area contributed by atoms with E-state index in [2.05, 4.69) is 15.3 Å². The zero-order valence-electron chi connectivity index (χ0n) is 9.37. The fourth-order valence-electron chi connectivity index (χ4n) is 1.75. The summed E-state index contributed by atoms with van der Waals surface area (Å²) in [6.45, 7) is 0. The largest absolute Gasteiger partial charge is 0.349 e. The minimum absolute atomic E-state index is 0.117. The molecule has 0 spiro atoms. The molecule has 0 amide bonds. The first kappa shape index (κ1) is 12.4. The summed E-state index contributed by atoms with van der Waals surface area (Å²) in [5.74, 6) is 0.926. The van der Waals surface area contributed by atoms with Crippen molar-refractivity contribution in [1.82, 2.24) is 15.3 Å². The van der Waals surface area contributed by atoms with Crippen molar-refractivity contribution in [3.63, 3.8) is 0 Å². The van der Waals surface area contributed by atoms with Crippen molar-refractivity contribution >= 4 is 23.2 Å². The standard InChI is InChI=1S/C12H13Cl2N3/c1-15-11(7-12-16-4-5-17-12)9-3-2-8(13)6-10(9)14/h2-6,11,15H,7H2,1H3,(H,16,17). The van der Waals surface area contributed by atoms with Crippen molar-refractivity contribution in [2.45, 2.75) is 12.5 Å². The first-order valence-corrected chi connectivity index (χ1v) is 6.06. The maximum absolute atomic E-state index is 6.19. The van der Waals surface area contributed by atoms with Gasteiger partial charge in [0.05, 0.1) is 0 Å². The number of halogens is 2. The topological polar surface area (TPSA) is 40.7 Å². The molecule has 90 valence electrons. The molecule has 0 radical (unpaired) electrons. The van der Waals surface area contributed by atoms with Crippen LogP contribution >= 0.6 is 23.2 Å². The van der Waals surface area contributed by atoms with Crippen LogP contribution in [0.2, 0.25) is 10.0 Å². The van der Waals surface area contributed by atoms with Gasteiger partial charge in [0.15, 0.2) is 0 Å². The lowest BCUT2D eigenvalue weighted by Crippen LogP contribution is -2.19. The Kier molecular flexibility index (Phi) is 4.05. The molecule has 1 aromatic heterocycles. The number of hydrogen-bond donors (Lipinski definition) is 2. The molecule has 1 unspecified atom stereocenters. The Balaban J connectivity index is 2.23. The lowest BCUT2D eigenvalue weighted by atomic mass is 10.0. The Morgan fingerprint density at radius 3 is 2.82 bits per heavy atom. The summed E-state index contributed by atoms with van der Waals surface area (Å²) in [6, 6.07) is 5.65. The predicted molar refractivity (Wildman–Crippen MR) is 70.6 cm³/mol. The minimum Gasteiger partial charge on any atom is -0.349 e. The summed E-state index contributed by atoms with van der Waals surface area (Å²) in [5, 5.41) is 4.54. The van der Waals surface area contributed by atoms with E-state index in [-0.39, 0.29) is 6.04 Å². The number of nitrogens with one attached hydrogen (secondary N) is 2. The van der Waals surface area contributed by atoms with E-state index in [1.165, 1.54) is 0 Å². The minimum atomic E-state index is 0.117. The zero-order valence-corrected chi connectivity index (χ0v) is 10.9. The molecule has 2 aromatic rings. The van der Waals surface area contributed by atoms with Crippen molar-refractivity contribution in [3.8, 4) is 0 Å². The molecular weight excluding hydrogens is 257 g/mol. The number of imidazole rings is 1. The van der Waals surface area contributed by atoms with Crippen LogP contribution in [0.1, 0.15) is 17.4 Å². The van der Waals surface area contributed by atoms with Gasteiger partial charge in [-0.1, -0.05) is 29.3 Å². The second-order valence-electron chi connectivity index (χ2n) is 3.75. The van der Waals surface area contributed by atoms with Crippen LogP contribution in [0, 0.1) is 0 Å². The summed E-state index contributed by atoms with van der Waals surface area (Å²) in [7, 11) is 1.90. The average Bonchev–Trinajstić information content (AvgIpc) is 2.79. The number of aromatic amines is 1. The van der Waals surface area contributed by atoms with Crippen LogP contribution in [0.25, 0.3) is 0 Å². The van der Waals surface area contributed by atoms with Gasteiger partial charge in [0.25, 0.3) is 0 Å². The van der Waals surface area contributed by atoms with Gasteiger partial charge in [0.2, 0.25) is 0 Å². The number of likely N-dealkylation sites (N-methyl/N-ethyl adjacent to an activating group) is 1. The molecule has 17 heavy (non-hydrogen) atoms. The first-order chi connectivity index (χ1) is 8.20. The van der Waals surface area contributed by atoms with Crippen LogP contribution < -0.4 is 5.32 Å². The van der Waals surface area contributed by atoms with Gasteiger partial charge in [-0.2, -0.15) is 0 Å². The Labute approximate surface area is 110 Å². The Hall–Kier alpha value is -1.03. The molecule has 0 saturated heterocycles. The van der Waals surface area contributed by atoms with E-state index in [9.17, 15) is 0 Å². The molecule has 1 aromatic carbocycles. The lowest BCUT2D eigenvalue weighted by Gasteiger charge is -2.17. The van der Waals surface area contributed by atoms with E-state index in [4.69, 9.17) is 23.2 Å². The fourth-order valence-corrected chi connectivity index (χ4v) is 2.29. The first-order valence-electron chi connectivity index (χ1n) is 5.31. The smallest absolute Gasteiger partial charge is 0.107 e. The van der Waals surface area contributed by atoms with Crippen LogP contribution in [0.4, 0.5) is 0 Å². The summed E-state index contributed by atoms with van der Waals surface area (Å²) in [6.07, 6.45) is 4.31. The molecule has 1 atom stereocenters. The molecule has 2 N–H and O–H groups in total. The van der Waals surface area contributed by atoms with Crippen molar-refractivity contribution in [2.24, 2.45) is 0 Å². The van der Waals surface area contributed by atoms with E-state index in [0.717, 1.165) is 17.8 Å². The van der Waals surface area contributed by atoms with Gasteiger partial charge in [-0.3, -0.25) is 0 Å². The summed E-state index contributed by atoms with van der Waals surface area (Å²) in [4.78, 5) is 7.29. The third kappa shape index (κ3) is 3.00. The molecule has 0 aliphatic rings. The monoisotopic (exact) mass is 269 g/mol. The van der Waals surface area contributed by atoms with Crippen molar-refractivity contribution in [1.29, 1.82) is 0 Å². The average molecular weight is 270 g/mol. The van der Waals surface area contributed by atoms with E-state index < -0.39 is 0 Å². The van der Waals surface area contributed by atoms with Crippen LogP contribution in [-0.2, 0) is 6.42 Å². The van der Waals surface area contributed by atoms with Gasteiger partial charge in [0, 0.05) is 34.9 Å². The molecular formula is C12H13Cl2N3. The highest BCUT2D eigenvalue weighted by Gasteiger charge is 2.14. The Morgan fingerprint density at radius 1 is 1.41 bits per heavy atom. The molecule has 0 saturated carbocycles. The van der Waals surface area contributed by atoms with Gasteiger partial charge in [-0.05, 0) is 24.7 Å². The lowest BCUT2D eigenvalue weighted by molar-refractivity contribution is 0.578. The van der Waals surface area contributed by atoms with Gasteiger partial charge in [-0.25, -0.2) is 4.98 Å². The maximum Gasteiger partial charge on any atom is 0.107 e. The quantitative estimate of drug-likeness (QED) is 0.895. The summed E-state index contributed by atoms with van der Waals surface area (Å²) in [5.41, 5.74) is 1.02. The number of rotatable bonds is 4. The predicted octanol–water partition coefficient (Wildman–Crippen LogP) is 3.22. The van der Waals surface area contributed by atoms with Crippen LogP contribution in [0.5, 0.6) is 0 Å². The number of hydrogen-bond acceptors (Lipinski definition) is 2. The van der Waals surface area contributed by atoms with Crippen LogP contribution in [-0.4, -0.2) is 17.0 Å². The van der Waals surface area contributed by atoms with Gasteiger partial charge in [0.1, 0.15) is 5.82 Å². The molecule has 1 heterocycles. The number of aromatic nitrogens is 2. The maximum atomic E-state index is 6.19. The molecule has 0 aliphatic carbocycles. The third-order valence-corrected chi connectivity index (χ3v) is 3.20. The highest BCUT2D eigenvalue weighted by atomic mass is 35.5. The molecule has 2 rings (SSSR count). The third-order valence-electron chi connectivity index (χ3n) is 2.64. The molecule has 0 fully saturated rings. The zero-order chi connectivity index (χ0) is 12.3. The molecule has 3 nitrogen and oxygen atoms in total. The second kappa shape index (κ2) is 5.54. The summed E-state index contributed by atoms with van der Waals surface area (Å²) >= 11 is 12.1. The highest BCUT2D eigenvalue weighted by Crippen LogP contribution is 2.27. The number of nitrogens with zero attached hydrogens (tertiary/aromatic N) is 1. The molecule has 0 bridgehead atoms. The Morgan fingerprint density at radius 2 is 2.24 bits per heavy atom. The van der Waals surface area contributed by atoms with Crippen LogP contribution in [0.15, 0.2) is 30.6 Å². The Bertz CT molecular complexity index is 483.